The van der Waals surface area contributed by atoms with Crippen molar-refractivity contribution in [3.8, 4) is 33.6 Å². The molecule has 2 heterocycles. The molecule has 1 aliphatic rings. The normalized spacial score (nSPS) is 12.0. The largest absolute Gasteiger partial charge is 0.311 e. The van der Waals surface area contributed by atoms with Crippen molar-refractivity contribution in [2.45, 2.75) is 0 Å². The first kappa shape index (κ1) is 30.1. The highest BCUT2D eigenvalue weighted by Gasteiger charge is 2.29. The molecular formula is C52H33N3. The number of fused-ring (bicyclic) bond motifs is 6. The molecular weight excluding hydrogens is 667 g/mol. The lowest BCUT2D eigenvalue weighted by molar-refractivity contribution is 1.16. The van der Waals surface area contributed by atoms with Gasteiger partial charge in [-0.2, -0.15) is 0 Å². The number of para-hydroxylation sites is 4. The summed E-state index contributed by atoms with van der Waals surface area (Å²) in [5, 5.41) is 7.74. The van der Waals surface area contributed by atoms with E-state index in [2.05, 4.69) is 214 Å². The standard InChI is InChI=1S/C52H33N3/c1-4-17-35(18-5-1)53(36-19-6-2-7-20-36)38-29-31-39(32-30-38)55-45-28-14-25-41-40-24-12-15-34-16-13-26-43(48(34)40)51-50-42-23-10-11-27-44(42)54(37-21-8-3-9-22-37)46(50)33-47(55)52(51)49(41)45/h1-33H. The van der Waals surface area contributed by atoms with Gasteiger partial charge in [0.15, 0.2) is 0 Å². The average Bonchev–Trinajstić information content (AvgIpc) is 3.72. The van der Waals surface area contributed by atoms with Crippen molar-refractivity contribution >= 4 is 71.4 Å². The third kappa shape index (κ3) is 4.26. The lowest BCUT2D eigenvalue weighted by Gasteiger charge is -2.25. The van der Waals surface area contributed by atoms with Crippen molar-refractivity contribution in [2.75, 3.05) is 4.90 Å². The Balaban J connectivity index is 1.22. The van der Waals surface area contributed by atoms with Gasteiger partial charge in [0.1, 0.15) is 0 Å². The monoisotopic (exact) mass is 699 g/mol. The van der Waals surface area contributed by atoms with E-state index in [1.807, 2.05) is 0 Å². The molecule has 12 rings (SSSR count). The summed E-state index contributed by atoms with van der Waals surface area (Å²) >= 11 is 0. The van der Waals surface area contributed by atoms with Crippen molar-refractivity contribution in [2.24, 2.45) is 0 Å². The van der Waals surface area contributed by atoms with E-state index in [9.17, 15) is 0 Å². The molecule has 0 bridgehead atoms. The predicted octanol–water partition coefficient (Wildman–Crippen LogP) is 14.2. The summed E-state index contributed by atoms with van der Waals surface area (Å²) in [6.07, 6.45) is 0. The summed E-state index contributed by atoms with van der Waals surface area (Å²) in [6, 6.07) is 73.0. The first-order valence-electron chi connectivity index (χ1n) is 19.0. The summed E-state index contributed by atoms with van der Waals surface area (Å²) in [5.74, 6) is 0. The predicted molar refractivity (Wildman–Crippen MR) is 232 cm³/mol. The Kier molecular flexibility index (Phi) is 6.34. The van der Waals surface area contributed by atoms with Crippen LogP contribution in [0.2, 0.25) is 0 Å². The number of hydrogen-bond acceptors (Lipinski definition) is 1. The number of rotatable bonds is 5. The highest BCUT2D eigenvalue weighted by atomic mass is 15.1. The van der Waals surface area contributed by atoms with Gasteiger partial charge in [-0.1, -0.05) is 121 Å². The van der Waals surface area contributed by atoms with Gasteiger partial charge in [-0.15, -0.1) is 0 Å². The Labute approximate surface area is 318 Å². The average molecular weight is 700 g/mol. The number of benzene rings is 9. The first-order chi connectivity index (χ1) is 27.3. The molecule has 11 aromatic rings. The van der Waals surface area contributed by atoms with Crippen LogP contribution >= 0.6 is 0 Å². The summed E-state index contributed by atoms with van der Waals surface area (Å²) < 4.78 is 4.96. The van der Waals surface area contributed by atoms with Crippen LogP contribution in [0.1, 0.15) is 0 Å². The number of anilines is 3. The minimum atomic E-state index is 1.11. The lowest BCUT2D eigenvalue weighted by atomic mass is 9.91. The molecule has 0 amide bonds. The van der Waals surface area contributed by atoms with Crippen LogP contribution in [0.15, 0.2) is 200 Å². The maximum Gasteiger partial charge on any atom is 0.0568 e. The van der Waals surface area contributed by atoms with Crippen LogP contribution in [0.3, 0.4) is 0 Å². The van der Waals surface area contributed by atoms with Gasteiger partial charge < -0.3 is 14.0 Å². The highest BCUT2D eigenvalue weighted by Crippen LogP contribution is 2.53. The molecule has 0 unspecified atom stereocenters. The Morgan fingerprint density at radius 2 is 0.818 bits per heavy atom. The quantitative estimate of drug-likeness (QED) is 0.174. The summed E-state index contributed by atoms with van der Waals surface area (Å²) in [6.45, 7) is 0. The second-order valence-corrected chi connectivity index (χ2v) is 14.5. The zero-order valence-electron chi connectivity index (χ0n) is 29.9. The van der Waals surface area contributed by atoms with Gasteiger partial charge in [-0.05, 0) is 106 Å². The fourth-order valence-corrected chi connectivity index (χ4v) is 9.42. The van der Waals surface area contributed by atoms with Crippen LogP contribution in [0.4, 0.5) is 17.1 Å². The van der Waals surface area contributed by atoms with Crippen molar-refractivity contribution in [3.05, 3.63) is 200 Å². The number of hydrogen-bond donors (Lipinski definition) is 0. The van der Waals surface area contributed by atoms with Gasteiger partial charge in [0.2, 0.25) is 0 Å². The molecule has 0 fully saturated rings. The molecule has 9 aromatic carbocycles. The number of nitrogens with zero attached hydrogens (tertiary/aromatic N) is 3. The molecule has 0 aliphatic heterocycles. The third-order valence-corrected chi connectivity index (χ3v) is 11.6. The van der Waals surface area contributed by atoms with Crippen LogP contribution in [0.5, 0.6) is 0 Å². The van der Waals surface area contributed by atoms with E-state index in [1.165, 1.54) is 76.6 Å². The minimum Gasteiger partial charge on any atom is -0.311 e. The fraction of sp³-hybridized carbons (Fsp3) is 0. The van der Waals surface area contributed by atoms with Gasteiger partial charge in [0, 0.05) is 55.5 Å². The van der Waals surface area contributed by atoms with E-state index in [0.29, 0.717) is 0 Å². The Bertz CT molecular complexity index is 3240. The van der Waals surface area contributed by atoms with Crippen LogP contribution in [-0.2, 0) is 0 Å². The molecule has 3 heteroatoms. The maximum absolute atomic E-state index is 2.50. The van der Waals surface area contributed by atoms with Crippen molar-refractivity contribution < 1.29 is 0 Å². The van der Waals surface area contributed by atoms with E-state index in [4.69, 9.17) is 0 Å². The summed E-state index contributed by atoms with van der Waals surface area (Å²) in [7, 11) is 0. The van der Waals surface area contributed by atoms with Crippen molar-refractivity contribution in [3.63, 3.8) is 0 Å². The molecule has 0 saturated heterocycles. The van der Waals surface area contributed by atoms with Gasteiger partial charge in [0.05, 0.1) is 22.1 Å². The highest BCUT2D eigenvalue weighted by molar-refractivity contribution is 6.34. The smallest absolute Gasteiger partial charge is 0.0568 e. The zero-order valence-corrected chi connectivity index (χ0v) is 29.9. The van der Waals surface area contributed by atoms with Crippen molar-refractivity contribution in [1.29, 1.82) is 0 Å². The molecule has 0 N–H and O–H groups in total. The SMILES string of the molecule is c1ccc(N(c2ccccc2)c2ccc(-n3c4cccc5c4c4c(c6c7ccccc7n(-c7ccccc7)c6cc43)-c3cccc4cccc-5c34)cc2)cc1. The van der Waals surface area contributed by atoms with E-state index in [-0.39, 0.29) is 0 Å². The van der Waals surface area contributed by atoms with Gasteiger partial charge in [0.25, 0.3) is 0 Å². The minimum absolute atomic E-state index is 1.11. The van der Waals surface area contributed by atoms with Gasteiger partial charge >= 0.3 is 0 Å². The molecule has 256 valence electrons. The maximum atomic E-state index is 2.50. The Morgan fingerprint density at radius 1 is 0.309 bits per heavy atom. The van der Waals surface area contributed by atoms with Gasteiger partial charge in [-0.3, -0.25) is 0 Å². The molecule has 0 saturated carbocycles. The topological polar surface area (TPSA) is 13.1 Å². The third-order valence-electron chi connectivity index (χ3n) is 11.6. The second-order valence-electron chi connectivity index (χ2n) is 14.5. The molecule has 2 aromatic heterocycles. The molecule has 1 aliphatic carbocycles. The fourth-order valence-electron chi connectivity index (χ4n) is 9.42. The molecule has 3 nitrogen and oxygen atoms in total. The summed E-state index contributed by atoms with van der Waals surface area (Å²) in [5.41, 5.74) is 15.6. The van der Waals surface area contributed by atoms with Gasteiger partial charge in [-0.25, -0.2) is 0 Å². The van der Waals surface area contributed by atoms with Crippen LogP contribution in [0, 0.1) is 0 Å². The molecule has 0 atom stereocenters. The van der Waals surface area contributed by atoms with E-state index in [1.54, 1.807) is 0 Å². The van der Waals surface area contributed by atoms with E-state index >= 15 is 0 Å². The van der Waals surface area contributed by atoms with Crippen LogP contribution in [0.25, 0.3) is 88.0 Å². The Hall–Kier alpha value is -7.36. The van der Waals surface area contributed by atoms with E-state index < -0.39 is 0 Å². The zero-order chi connectivity index (χ0) is 36.0. The van der Waals surface area contributed by atoms with E-state index in [0.717, 1.165) is 28.4 Å². The van der Waals surface area contributed by atoms with Crippen molar-refractivity contribution in [1.82, 2.24) is 9.13 Å². The lowest BCUT2D eigenvalue weighted by Crippen LogP contribution is -2.09. The second kappa shape index (κ2) is 11.6. The summed E-state index contributed by atoms with van der Waals surface area (Å²) in [4.78, 5) is 2.32. The molecule has 0 spiro atoms. The number of aromatic nitrogens is 2. The molecule has 55 heavy (non-hydrogen) atoms. The Morgan fingerprint density at radius 3 is 1.53 bits per heavy atom. The van der Waals surface area contributed by atoms with Crippen LogP contribution < -0.4 is 4.90 Å². The molecule has 0 radical (unpaired) electrons. The van der Waals surface area contributed by atoms with Crippen LogP contribution in [-0.4, -0.2) is 9.13 Å². The first-order valence-corrected chi connectivity index (χ1v) is 19.0.